The molecule has 0 bridgehead atoms. The highest BCUT2D eigenvalue weighted by Crippen LogP contribution is 2.30. The molecular weight excluding hydrogens is 266 g/mol. The Morgan fingerprint density at radius 2 is 2.11 bits per heavy atom. The van der Waals surface area contributed by atoms with Gasteiger partial charge in [0.1, 0.15) is 0 Å². The Hall–Kier alpha value is -1.29. The number of benzene rings is 1. The molecule has 106 valence electrons. The molecule has 0 spiro atoms. The predicted octanol–water partition coefficient (Wildman–Crippen LogP) is 4.33. The highest BCUT2D eigenvalue weighted by Gasteiger charge is 2.17. The van der Waals surface area contributed by atoms with Gasteiger partial charge in [-0.3, -0.25) is 10.1 Å². The van der Waals surface area contributed by atoms with E-state index in [-0.39, 0.29) is 17.2 Å². The first-order valence-corrected chi connectivity index (χ1v) is 6.95. The minimum absolute atomic E-state index is 0.000867. The summed E-state index contributed by atoms with van der Waals surface area (Å²) in [6, 6.07) is 4.96. The molecule has 0 aliphatic rings. The molecule has 19 heavy (non-hydrogen) atoms. The number of hydrogen-bond donors (Lipinski definition) is 0. The topological polar surface area (TPSA) is 52.4 Å². The molecule has 0 heterocycles. The van der Waals surface area contributed by atoms with Gasteiger partial charge in [0.05, 0.1) is 11.0 Å². The number of nitro groups is 1. The van der Waals surface area contributed by atoms with Crippen LogP contribution in [0.3, 0.4) is 0 Å². The van der Waals surface area contributed by atoms with Crippen molar-refractivity contribution in [1.82, 2.24) is 0 Å². The van der Waals surface area contributed by atoms with Crippen LogP contribution in [-0.2, 0) is 6.42 Å². The summed E-state index contributed by atoms with van der Waals surface area (Å²) in [6.07, 6.45) is 2.55. The van der Waals surface area contributed by atoms with Crippen LogP contribution in [0.15, 0.2) is 18.2 Å². The third-order valence-electron chi connectivity index (χ3n) is 2.64. The minimum atomic E-state index is -0.425. The fourth-order valence-electron chi connectivity index (χ4n) is 1.86. The van der Waals surface area contributed by atoms with E-state index in [0.29, 0.717) is 12.2 Å². The van der Waals surface area contributed by atoms with Crippen molar-refractivity contribution in [2.45, 2.75) is 51.5 Å². The van der Waals surface area contributed by atoms with Gasteiger partial charge in [-0.1, -0.05) is 19.4 Å². The van der Waals surface area contributed by atoms with E-state index in [4.69, 9.17) is 16.3 Å². The predicted molar refractivity (Wildman–Crippen MR) is 77.1 cm³/mol. The number of rotatable bonds is 7. The van der Waals surface area contributed by atoms with Crippen LogP contribution in [0.25, 0.3) is 0 Å². The van der Waals surface area contributed by atoms with Crippen LogP contribution in [0.2, 0.25) is 0 Å². The Morgan fingerprint density at radius 3 is 2.63 bits per heavy atom. The second kappa shape index (κ2) is 7.34. The zero-order chi connectivity index (χ0) is 14.4. The summed E-state index contributed by atoms with van der Waals surface area (Å²) in [5.41, 5.74) is 0.966. The average Bonchev–Trinajstić information content (AvgIpc) is 2.28. The van der Waals surface area contributed by atoms with Crippen molar-refractivity contribution in [3.05, 3.63) is 33.9 Å². The molecule has 0 aliphatic heterocycles. The summed E-state index contributed by atoms with van der Waals surface area (Å²) in [4.78, 5) is 10.5. The molecule has 4 nitrogen and oxygen atoms in total. The standard InChI is InChI=1S/C14H20ClNO3/c1-4-5-12(15)8-11-6-7-13(16(17)18)14(9-11)19-10(2)3/h6-7,9-10,12H,4-5,8H2,1-3H3. The van der Waals surface area contributed by atoms with E-state index in [1.54, 1.807) is 12.1 Å². The number of nitro benzene ring substituents is 1. The van der Waals surface area contributed by atoms with E-state index >= 15 is 0 Å². The first kappa shape index (κ1) is 15.8. The van der Waals surface area contributed by atoms with Crippen molar-refractivity contribution in [1.29, 1.82) is 0 Å². The first-order chi connectivity index (χ1) is 8.93. The lowest BCUT2D eigenvalue weighted by Gasteiger charge is -2.13. The van der Waals surface area contributed by atoms with Crippen LogP contribution in [0.1, 0.15) is 39.2 Å². The Bertz CT molecular complexity index is 435. The normalized spacial score (nSPS) is 12.5. The van der Waals surface area contributed by atoms with Crippen molar-refractivity contribution < 1.29 is 9.66 Å². The molecule has 1 aromatic carbocycles. The maximum absolute atomic E-state index is 10.9. The number of hydrogen-bond acceptors (Lipinski definition) is 3. The minimum Gasteiger partial charge on any atom is -0.484 e. The fourth-order valence-corrected chi connectivity index (χ4v) is 2.25. The zero-order valence-electron chi connectivity index (χ0n) is 11.6. The molecule has 0 fully saturated rings. The van der Waals surface area contributed by atoms with E-state index in [0.717, 1.165) is 18.4 Å². The summed E-state index contributed by atoms with van der Waals surface area (Å²) in [6.45, 7) is 5.77. The molecule has 0 saturated heterocycles. The summed E-state index contributed by atoms with van der Waals surface area (Å²) in [5, 5.41) is 11.0. The largest absolute Gasteiger partial charge is 0.484 e. The van der Waals surface area contributed by atoms with Crippen LogP contribution in [-0.4, -0.2) is 16.4 Å². The van der Waals surface area contributed by atoms with Gasteiger partial charge in [0, 0.05) is 11.4 Å². The summed E-state index contributed by atoms with van der Waals surface area (Å²) >= 11 is 6.20. The van der Waals surface area contributed by atoms with E-state index < -0.39 is 4.92 Å². The third-order valence-corrected chi connectivity index (χ3v) is 3.02. The Morgan fingerprint density at radius 1 is 1.42 bits per heavy atom. The lowest BCUT2D eigenvalue weighted by Crippen LogP contribution is -2.09. The second-order valence-corrected chi connectivity index (χ2v) is 5.43. The van der Waals surface area contributed by atoms with Crippen molar-refractivity contribution in [2.75, 3.05) is 0 Å². The van der Waals surface area contributed by atoms with Crippen molar-refractivity contribution >= 4 is 17.3 Å². The lowest BCUT2D eigenvalue weighted by atomic mass is 10.1. The van der Waals surface area contributed by atoms with E-state index in [2.05, 4.69) is 6.92 Å². The van der Waals surface area contributed by atoms with Crippen LogP contribution in [0, 0.1) is 10.1 Å². The molecule has 0 aromatic heterocycles. The number of alkyl halides is 1. The van der Waals surface area contributed by atoms with Gasteiger partial charge in [0.25, 0.3) is 0 Å². The molecule has 0 radical (unpaired) electrons. The van der Waals surface area contributed by atoms with Gasteiger partial charge in [0.15, 0.2) is 5.75 Å². The van der Waals surface area contributed by atoms with Crippen LogP contribution in [0.5, 0.6) is 5.75 Å². The lowest BCUT2D eigenvalue weighted by molar-refractivity contribution is -0.386. The molecular formula is C14H20ClNO3. The number of ether oxygens (including phenoxy) is 1. The van der Waals surface area contributed by atoms with Gasteiger partial charge in [-0.05, 0) is 38.3 Å². The van der Waals surface area contributed by atoms with E-state index in [1.807, 2.05) is 13.8 Å². The Kier molecular flexibility index (Phi) is 6.09. The highest BCUT2D eigenvalue weighted by molar-refractivity contribution is 6.20. The summed E-state index contributed by atoms with van der Waals surface area (Å²) < 4.78 is 5.50. The van der Waals surface area contributed by atoms with E-state index in [9.17, 15) is 10.1 Å². The molecule has 5 heteroatoms. The van der Waals surface area contributed by atoms with Crippen LogP contribution in [0.4, 0.5) is 5.69 Å². The monoisotopic (exact) mass is 285 g/mol. The van der Waals surface area contributed by atoms with Crippen molar-refractivity contribution in [3.63, 3.8) is 0 Å². The van der Waals surface area contributed by atoms with Crippen molar-refractivity contribution in [2.24, 2.45) is 0 Å². The zero-order valence-corrected chi connectivity index (χ0v) is 12.3. The maximum atomic E-state index is 10.9. The molecule has 1 rings (SSSR count). The SMILES string of the molecule is CCCC(Cl)Cc1ccc([N+](=O)[O-])c(OC(C)C)c1. The van der Waals surface area contributed by atoms with Crippen LogP contribution >= 0.6 is 11.6 Å². The molecule has 0 N–H and O–H groups in total. The number of nitrogens with zero attached hydrogens (tertiary/aromatic N) is 1. The van der Waals surface area contributed by atoms with Gasteiger partial charge in [-0.25, -0.2) is 0 Å². The maximum Gasteiger partial charge on any atom is 0.310 e. The van der Waals surface area contributed by atoms with Gasteiger partial charge in [-0.15, -0.1) is 11.6 Å². The Balaban J connectivity index is 2.94. The second-order valence-electron chi connectivity index (χ2n) is 4.82. The average molecular weight is 286 g/mol. The molecule has 0 aliphatic carbocycles. The molecule has 1 unspecified atom stereocenters. The smallest absolute Gasteiger partial charge is 0.310 e. The summed E-state index contributed by atoms with van der Waals surface area (Å²) in [7, 11) is 0. The fraction of sp³-hybridized carbons (Fsp3) is 0.571. The molecule has 1 atom stereocenters. The summed E-state index contributed by atoms with van der Waals surface area (Å²) in [5.74, 6) is 0.317. The van der Waals surface area contributed by atoms with E-state index in [1.165, 1.54) is 6.07 Å². The third kappa shape index (κ3) is 5.07. The molecule has 0 saturated carbocycles. The van der Waals surface area contributed by atoms with Crippen LogP contribution < -0.4 is 4.74 Å². The highest BCUT2D eigenvalue weighted by atomic mass is 35.5. The van der Waals surface area contributed by atoms with Crippen molar-refractivity contribution in [3.8, 4) is 5.75 Å². The Labute approximate surface area is 118 Å². The quantitative estimate of drug-likeness (QED) is 0.425. The van der Waals surface area contributed by atoms with Gasteiger partial charge < -0.3 is 4.74 Å². The number of halogens is 1. The molecule has 0 amide bonds. The van der Waals surface area contributed by atoms with Gasteiger partial charge in [-0.2, -0.15) is 0 Å². The first-order valence-electron chi connectivity index (χ1n) is 6.52. The molecule has 1 aromatic rings. The van der Waals surface area contributed by atoms with Gasteiger partial charge in [0.2, 0.25) is 0 Å². The van der Waals surface area contributed by atoms with Gasteiger partial charge >= 0.3 is 5.69 Å².